The highest BCUT2D eigenvalue weighted by molar-refractivity contribution is 7.89. The van der Waals surface area contributed by atoms with Crippen molar-refractivity contribution < 1.29 is 13.2 Å². The number of amides is 1. The minimum atomic E-state index is -4.10. The summed E-state index contributed by atoms with van der Waals surface area (Å²) in [6.45, 7) is 3.72. The van der Waals surface area contributed by atoms with E-state index in [4.69, 9.17) is 34.8 Å². The van der Waals surface area contributed by atoms with Gasteiger partial charge in [-0.3, -0.25) is 4.79 Å². The highest BCUT2D eigenvalue weighted by Crippen LogP contribution is 2.38. The number of fused-ring (bicyclic) bond motifs is 1. The first kappa shape index (κ1) is 25.2. The molecule has 10 heteroatoms. The van der Waals surface area contributed by atoms with Gasteiger partial charge in [-0.2, -0.15) is 4.31 Å². The fourth-order valence-electron chi connectivity index (χ4n) is 4.04. The number of carbonyl (C=O) groups is 1. The highest BCUT2D eigenvalue weighted by Gasteiger charge is 2.36. The summed E-state index contributed by atoms with van der Waals surface area (Å²) in [4.78, 5) is 16.4. The molecule has 1 aliphatic heterocycles. The Kier molecular flexibility index (Phi) is 7.72. The van der Waals surface area contributed by atoms with E-state index in [9.17, 15) is 13.2 Å². The molecule has 5 nitrogen and oxygen atoms in total. The molecule has 0 saturated heterocycles. The Bertz CT molecular complexity index is 1320. The van der Waals surface area contributed by atoms with Crippen LogP contribution in [0.3, 0.4) is 0 Å². The smallest absolute Gasteiger partial charge is 0.245 e. The van der Waals surface area contributed by atoms with Gasteiger partial charge in [0.05, 0.1) is 17.6 Å². The van der Waals surface area contributed by atoms with Gasteiger partial charge in [-0.25, -0.2) is 8.42 Å². The molecular formula is C24H21Cl3N2O3S2. The lowest BCUT2D eigenvalue weighted by molar-refractivity contribution is -0.133. The average molecular weight is 556 g/mol. The van der Waals surface area contributed by atoms with Crippen molar-refractivity contribution in [1.29, 1.82) is 0 Å². The zero-order valence-corrected chi connectivity index (χ0v) is 21.9. The third kappa shape index (κ3) is 5.05. The molecule has 178 valence electrons. The summed E-state index contributed by atoms with van der Waals surface area (Å²) < 4.78 is 27.9. The second-order valence-electron chi connectivity index (χ2n) is 7.75. The van der Waals surface area contributed by atoms with Crippen LogP contribution in [-0.4, -0.2) is 43.2 Å². The monoisotopic (exact) mass is 554 g/mol. The number of sulfonamides is 1. The first-order valence-electron chi connectivity index (χ1n) is 10.4. The number of nitrogens with zero attached hydrogens (tertiary/aromatic N) is 2. The van der Waals surface area contributed by atoms with E-state index < -0.39 is 10.0 Å². The molecule has 0 radical (unpaired) electrons. The maximum atomic E-state index is 13.6. The highest BCUT2D eigenvalue weighted by atomic mass is 35.5. The minimum absolute atomic E-state index is 0.0332. The predicted molar refractivity (Wildman–Crippen MR) is 138 cm³/mol. The lowest BCUT2D eigenvalue weighted by Crippen LogP contribution is -2.46. The fraction of sp³-hybridized carbons (Fsp3) is 0.208. The van der Waals surface area contributed by atoms with Gasteiger partial charge in [-0.15, -0.1) is 17.9 Å². The molecular weight excluding hydrogens is 535 g/mol. The summed E-state index contributed by atoms with van der Waals surface area (Å²) in [6.07, 6.45) is 2.14. The van der Waals surface area contributed by atoms with Gasteiger partial charge in [0.1, 0.15) is 4.90 Å². The summed E-state index contributed by atoms with van der Waals surface area (Å²) in [7, 11) is -4.10. The Labute approximate surface area is 218 Å². The predicted octanol–water partition coefficient (Wildman–Crippen LogP) is 6.06. The molecule has 0 spiro atoms. The van der Waals surface area contributed by atoms with E-state index in [1.807, 2.05) is 23.6 Å². The maximum Gasteiger partial charge on any atom is 0.245 e. The number of carbonyl (C=O) groups excluding carboxylic acids is 1. The van der Waals surface area contributed by atoms with E-state index in [0.717, 1.165) is 15.4 Å². The first-order chi connectivity index (χ1) is 16.2. The average Bonchev–Trinajstić information content (AvgIpc) is 3.29. The Morgan fingerprint density at radius 3 is 2.53 bits per heavy atom. The van der Waals surface area contributed by atoms with Gasteiger partial charge < -0.3 is 4.90 Å². The molecule has 1 amide bonds. The molecule has 0 aliphatic carbocycles. The largest absolute Gasteiger partial charge is 0.330 e. The molecule has 1 aromatic heterocycles. The van der Waals surface area contributed by atoms with Gasteiger partial charge >= 0.3 is 0 Å². The second-order valence-corrected chi connectivity index (χ2v) is 11.9. The Morgan fingerprint density at radius 2 is 1.82 bits per heavy atom. The summed E-state index contributed by atoms with van der Waals surface area (Å²) >= 11 is 19.9. The topological polar surface area (TPSA) is 57.7 Å². The van der Waals surface area contributed by atoms with E-state index in [2.05, 4.69) is 6.58 Å². The van der Waals surface area contributed by atoms with Crippen molar-refractivity contribution >= 4 is 62.1 Å². The number of benzene rings is 2. The van der Waals surface area contributed by atoms with Crippen LogP contribution in [0.4, 0.5) is 0 Å². The Balaban J connectivity index is 1.68. The van der Waals surface area contributed by atoms with Gasteiger partial charge in [-0.1, -0.05) is 53.0 Å². The molecule has 2 heterocycles. The quantitative estimate of drug-likeness (QED) is 0.333. The van der Waals surface area contributed by atoms with Crippen molar-refractivity contribution in [2.24, 2.45) is 0 Å². The number of rotatable bonds is 7. The van der Waals surface area contributed by atoms with Crippen molar-refractivity contribution in [2.45, 2.75) is 17.4 Å². The molecule has 34 heavy (non-hydrogen) atoms. The van der Waals surface area contributed by atoms with Crippen LogP contribution in [0.5, 0.6) is 0 Å². The minimum Gasteiger partial charge on any atom is -0.330 e. The van der Waals surface area contributed by atoms with E-state index in [0.29, 0.717) is 18.0 Å². The normalized spacial score (nSPS) is 15.9. The number of hydrogen-bond acceptors (Lipinski definition) is 4. The fourth-order valence-corrected chi connectivity index (χ4v) is 7.16. The zero-order valence-electron chi connectivity index (χ0n) is 18.0. The van der Waals surface area contributed by atoms with Crippen molar-refractivity contribution in [2.75, 3.05) is 19.6 Å². The van der Waals surface area contributed by atoms with Crippen LogP contribution < -0.4 is 0 Å². The Hall–Kier alpha value is -1.87. The van der Waals surface area contributed by atoms with E-state index in [1.165, 1.54) is 29.2 Å². The van der Waals surface area contributed by atoms with Crippen LogP contribution in [0.1, 0.15) is 22.0 Å². The van der Waals surface area contributed by atoms with E-state index >= 15 is 0 Å². The van der Waals surface area contributed by atoms with Crippen LogP contribution in [0.25, 0.3) is 0 Å². The summed E-state index contributed by atoms with van der Waals surface area (Å²) in [5.41, 5.74) is 1.95. The van der Waals surface area contributed by atoms with Crippen LogP contribution in [0, 0.1) is 0 Å². The third-order valence-electron chi connectivity index (χ3n) is 5.63. The molecule has 0 bridgehead atoms. The third-order valence-corrected chi connectivity index (χ3v) is 9.40. The van der Waals surface area contributed by atoms with E-state index in [1.54, 1.807) is 28.4 Å². The molecule has 1 aliphatic rings. The molecule has 0 fully saturated rings. The van der Waals surface area contributed by atoms with Gasteiger partial charge in [0.25, 0.3) is 0 Å². The van der Waals surface area contributed by atoms with Crippen LogP contribution in [0.2, 0.25) is 15.1 Å². The summed E-state index contributed by atoms with van der Waals surface area (Å²) in [5, 5.41) is 2.88. The molecule has 2 aromatic carbocycles. The van der Waals surface area contributed by atoms with Gasteiger partial charge in [-0.05, 0) is 59.3 Å². The molecule has 0 N–H and O–H groups in total. The second kappa shape index (κ2) is 10.4. The zero-order chi connectivity index (χ0) is 24.5. The standard InChI is InChI=1S/C24H21Cl3N2O3S2/c1-2-11-28(34(31,32)22-14-18(26)7-8-20(22)27)15-23(30)29-12-9-21-19(10-13-33-21)24(29)16-3-5-17(25)6-4-16/h2-8,10,13-14,24H,1,9,11-12,15H2. The first-order valence-corrected chi connectivity index (χ1v) is 13.8. The summed E-state index contributed by atoms with van der Waals surface area (Å²) in [6, 6.07) is 13.3. The van der Waals surface area contributed by atoms with Gasteiger partial charge in [0, 0.05) is 28.0 Å². The maximum absolute atomic E-state index is 13.6. The molecule has 1 atom stereocenters. The lowest BCUT2D eigenvalue weighted by atomic mass is 9.93. The molecule has 3 aromatic rings. The van der Waals surface area contributed by atoms with Crippen LogP contribution >= 0.6 is 46.1 Å². The lowest BCUT2D eigenvalue weighted by Gasteiger charge is -2.37. The number of hydrogen-bond donors (Lipinski definition) is 0. The summed E-state index contributed by atoms with van der Waals surface area (Å²) in [5.74, 6) is -0.319. The van der Waals surface area contributed by atoms with Crippen molar-refractivity contribution in [3.8, 4) is 0 Å². The van der Waals surface area contributed by atoms with Crippen LogP contribution in [0.15, 0.2) is 71.5 Å². The Morgan fingerprint density at radius 1 is 1.12 bits per heavy atom. The van der Waals surface area contributed by atoms with E-state index in [-0.39, 0.29) is 40.0 Å². The molecule has 4 rings (SSSR count). The number of thiophene rings is 1. The molecule has 0 saturated carbocycles. The van der Waals surface area contributed by atoms with Gasteiger partial charge in [0.15, 0.2) is 0 Å². The number of halogens is 3. The van der Waals surface area contributed by atoms with Gasteiger partial charge in [0.2, 0.25) is 15.9 Å². The van der Waals surface area contributed by atoms with Crippen molar-refractivity contribution in [3.63, 3.8) is 0 Å². The van der Waals surface area contributed by atoms with Crippen molar-refractivity contribution in [1.82, 2.24) is 9.21 Å². The SMILES string of the molecule is C=CCN(CC(=O)N1CCc2sccc2C1c1ccc(Cl)cc1)S(=O)(=O)c1cc(Cl)ccc1Cl. The molecule has 1 unspecified atom stereocenters. The van der Waals surface area contributed by atoms with Crippen molar-refractivity contribution in [3.05, 3.63) is 97.6 Å². The van der Waals surface area contributed by atoms with Crippen LogP contribution in [-0.2, 0) is 21.2 Å².